The van der Waals surface area contributed by atoms with Gasteiger partial charge in [-0.25, -0.2) is 0 Å². The van der Waals surface area contributed by atoms with Crippen LogP contribution in [0.5, 0.6) is 0 Å². The highest BCUT2D eigenvalue weighted by Crippen LogP contribution is 2.25. The Morgan fingerprint density at radius 3 is 2.60 bits per heavy atom. The Morgan fingerprint density at radius 1 is 1.00 bits per heavy atom. The summed E-state index contributed by atoms with van der Waals surface area (Å²) in [6.07, 6.45) is 0. The average Bonchev–Trinajstić information content (AvgIpc) is 2.48. The Bertz CT molecular complexity index is 768. The van der Waals surface area contributed by atoms with Crippen molar-refractivity contribution in [2.45, 2.75) is 10.8 Å². The van der Waals surface area contributed by atoms with Crippen molar-refractivity contribution in [2.75, 3.05) is 0 Å². The van der Waals surface area contributed by atoms with Crippen LogP contribution < -0.4 is 10.2 Å². The highest BCUT2D eigenvalue weighted by Gasteiger charge is 2.03. The molecule has 1 heterocycles. The molecule has 2 nitrogen and oxygen atoms in total. The van der Waals surface area contributed by atoms with Crippen molar-refractivity contribution in [3.05, 3.63) is 76.5 Å². The molecule has 0 aliphatic heterocycles. The lowest BCUT2D eigenvalue weighted by Gasteiger charge is -2.04. The van der Waals surface area contributed by atoms with Crippen LogP contribution in [0.2, 0.25) is 0 Å². The van der Waals surface area contributed by atoms with Crippen molar-refractivity contribution in [3.63, 3.8) is 0 Å². The summed E-state index contributed by atoms with van der Waals surface area (Å²) in [6.45, 7) is 0.777. The molecule has 0 bridgehead atoms. The van der Waals surface area contributed by atoms with Gasteiger partial charge in [-0.15, -0.1) is 11.3 Å². The van der Waals surface area contributed by atoms with Crippen molar-refractivity contribution in [1.82, 2.24) is 4.72 Å². The number of hydrogen-bond donors (Lipinski definition) is 1. The van der Waals surface area contributed by atoms with Gasteiger partial charge in [-0.2, -0.15) is 0 Å². The second-order valence-corrected chi connectivity index (χ2v) is 6.61. The molecule has 0 spiro atoms. The molecular formula is C16H13NOS2. The molecule has 0 amide bonds. The van der Waals surface area contributed by atoms with Crippen LogP contribution in [0.25, 0.3) is 10.1 Å². The zero-order valence-electron chi connectivity index (χ0n) is 10.7. The molecule has 0 aliphatic carbocycles. The van der Waals surface area contributed by atoms with E-state index in [1.807, 2.05) is 42.5 Å². The Balaban J connectivity index is 1.73. The zero-order chi connectivity index (χ0) is 13.8. The van der Waals surface area contributed by atoms with E-state index in [0.29, 0.717) is 0 Å². The van der Waals surface area contributed by atoms with E-state index in [1.165, 1.54) is 17.5 Å². The van der Waals surface area contributed by atoms with E-state index in [2.05, 4.69) is 16.9 Å². The van der Waals surface area contributed by atoms with Gasteiger partial charge in [-0.05, 0) is 29.6 Å². The first-order valence-corrected chi connectivity index (χ1v) is 7.93. The number of benzene rings is 2. The Hall–Kier alpha value is -1.62. The first kappa shape index (κ1) is 13.4. The Kier molecular flexibility index (Phi) is 4.16. The molecule has 0 radical (unpaired) electrons. The summed E-state index contributed by atoms with van der Waals surface area (Å²) in [5.41, 5.74) is 1.32. The molecule has 0 saturated heterocycles. The number of nitrogens with one attached hydrogen (secondary N) is 1. The lowest BCUT2D eigenvalue weighted by molar-refractivity contribution is 0.977. The molecule has 1 aromatic heterocycles. The van der Waals surface area contributed by atoms with Gasteiger partial charge in [0, 0.05) is 22.7 Å². The molecule has 100 valence electrons. The van der Waals surface area contributed by atoms with Crippen molar-refractivity contribution in [1.29, 1.82) is 0 Å². The van der Waals surface area contributed by atoms with Crippen LogP contribution in [0.3, 0.4) is 0 Å². The van der Waals surface area contributed by atoms with Crippen LogP contribution in [0, 0.1) is 0 Å². The number of fused-ring (bicyclic) bond motifs is 1. The minimum atomic E-state index is 0.0864. The van der Waals surface area contributed by atoms with Crippen LogP contribution in [0.1, 0.15) is 5.56 Å². The standard InChI is InChI=1S/C16H13NOS2/c18-14-10-16(19-15-9-5-4-8-13(14)15)20-17-11-12-6-2-1-3-7-12/h1-10,17H,11H2. The lowest BCUT2D eigenvalue weighted by atomic mass is 10.2. The van der Waals surface area contributed by atoms with Crippen molar-refractivity contribution in [3.8, 4) is 0 Å². The third-order valence-electron chi connectivity index (χ3n) is 2.90. The second kappa shape index (κ2) is 6.22. The molecular weight excluding hydrogens is 286 g/mol. The minimum Gasteiger partial charge on any atom is -0.289 e. The lowest BCUT2D eigenvalue weighted by Crippen LogP contribution is -2.04. The van der Waals surface area contributed by atoms with Crippen LogP contribution in [0.4, 0.5) is 0 Å². The van der Waals surface area contributed by atoms with Gasteiger partial charge in [0.25, 0.3) is 0 Å². The van der Waals surface area contributed by atoms with E-state index in [4.69, 9.17) is 0 Å². The van der Waals surface area contributed by atoms with E-state index in [9.17, 15) is 4.79 Å². The molecule has 0 unspecified atom stereocenters. The molecule has 0 fully saturated rings. The summed E-state index contributed by atoms with van der Waals surface area (Å²) in [5, 5.41) is 0.796. The van der Waals surface area contributed by atoms with E-state index < -0.39 is 0 Å². The largest absolute Gasteiger partial charge is 0.289 e. The fourth-order valence-electron chi connectivity index (χ4n) is 1.92. The first-order chi connectivity index (χ1) is 9.83. The van der Waals surface area contributed by atoms with Crippen LogP contribution in [-0.2, 0) is 6.54 Å². The van der Waals surface area contributed by atoms with Gasteiger partial charge in [0.05, 0.1) is 4.21 Å². The molecule has 3 aromatic rings. The molecule has 0 atom stereocenters. The van der Waals surface area contributed by atoms with Gasteiger partial charge in [-0.3, -0.25) is 9.52 Å². The summed E-state index contributed by atoms with van der Waals surface area (Å²) >= 11 is 3.15. The van der Waals surface area contributed by atoms with Gasteiger partial charge < -0.3 is 0 Å². The summed E-state index contributed by atoms with van der Waals surface area (Å²) < 4.78 is 5.32. The summed E-state index contributed by atoms with van der Waals surface area (Å²) in [4.78, 5) is 12.0. The molecule has 4 heteroatoms. The minimum absolute atomic E-state index is 0.0864. The fourth-order valence-corrected chi connectivity index (χ4v) is 3.89. The number of rotatable bonds is 4. The normalized spacial score (nSPS) is 10.8. The Morgan fingerprint density at radius 2 is 1.75 bits per heavy atom. The van der Waals surface area contributed by atoms with Gasteiger partial charge in [0.1, 0.15) is 0 Å². The molecule has 0 saturated carbocycles. The predicted octanol–water partition coefficient (Wildman–Crippen LogP) is 4.06. The summed E-state index contributed by atoms with van der Waals surface area (Å²) in [5.74, 6) is 0. The fraction of sp³-hybridized carbons (Fsp3) is 0.0625. The van der Waals surface area contributed by atoms with E-state index in [-0.39, 0.29) is 5.43 Å². The van der Waals surface area contributed by atoms with Crippen LogP contribution in [-0.4, -0.2) is 0 Å². The van der Waals surface area contributed by atoms with Crippen LogP contribution >= 0.6 is 23.3 Å². The van der Waals surface area contributed by atoms with Crippen molar-refractivity contribution >= 4 is 33.4 Å². The monoisotopic (exact) mass is 299 g/mol. The first-order valence-electron chi connectivity index (χ1n) is 6.29. The zero-order valence-corrected chi connectivity index (χ0v) is 12.3. The maximum atomic E-state index is 12.0. The van der Waals surface area contributed by atoms with Gasteiger partial charge in [-0.1, -0.05) is 42.5 Å². The Labute approximate surface area is 125 Å². The SMILES string of the molecule is O=c1cc(SNCc2ccccc2)sc2ccccc12. The van der Waals surface area contributed by atoms with Crippen molar-refractivity contribution in [2.24, 2.45) is 0 Å². The molecule has 20 heavy (non-hydrogen) atoms. The van der Waals surface area contributed by atoms with E-state index in [0.717, 1.165) is 20.8 Å². The van der Waals surface area contributed by atoms with E-state index in [1.54, 1.807) is 17.4 Å². The van der Waals surface area contributed by atoms with E-state index >= 15 is 0 Å². The van der Waals surface area contributed by atoms with Crippen LogP contribution in [0.15, 0.2) is 69.7 Å². The average molecular weight is 299 g/mol. The molecule has 1 N–H and O–H groups in total. The third-order valence-corrected chi connectivity index (χ3v) is 4.91. The quantitative estimate of drug-likeness (QED) is 0.737. The maximum absolute atomic E-state index is 12.0. The second-order valence-electron chi connectivity index (χ2n) is 4.33. The van der Waals surface area contributed by atoms with Crippen molar-refractivity contribution < 1.29 is 0 Å². The van der Waals surface area contributed by atoms with Gasteiger partial charge in [0.15, 0.2) is 5.43 Å². The topological polar surface area (TPSA) is 29.1 Å². The highest BCUT2D eigenvalue weighted by atomic mass is 32.2. The summed E-state index contributed by atoms with van der Waals surface area (Å²) in [6, 6.07) is 19.6. The number of hydrogen-bond acceptors (Lipinski definition) is 4. The summed E-state index contributed by atoms with van der Waals surface area (Å²) in [7, 11) is 0. The maximum Gasteiger partial charge on any atom is 0.189 e. The predicted molar refractivity (Wildman–Crippen MR) is 87.2 cm³/mol. The third kappa shape index (κ3) is 3.10. The van der Waals surface area contributed by atoms with Gasteiger partial charge >= 0.3 is 0 Å². The highest BCUT2D eigenvalue weighted by molar-refractivity contribution is 7.99. The molecule has 0 aliphatic rings. The molecule has 3 rings (SSSR count). The smallest absolute Gasteiger partial charge is 0.189 e. The molecule has 2 aromatic carbocycles. The van der Waals surface area contributed by atoms with Gasteiger partial charge in [0.2, 0.25) is 0 Å².